The van der Waals surface area contributed by atoms with Crippen molar-refractivity contribution < 1.29 is 9.47 Å². The van der Waals surface area contributed by atoms with Crippen LogP contribution in [-0.2, 0) is 0 Å². The first-order chi connectivity index (χ1) is 5.81. The summed E-state index contributed by atoms with van der Waals surface area (Å²) in [4.78, 5) is 3.88. The topological polar surface area (TPSA) is 55.1 Å². The number of nitriles is 1. The van der Waals surface area contributed by atoms with Gasteiger partial charge in [-0.3, -0.25) is 0 Å². The molecule has 12 heavy (non-hydrogen) atoms. The Labute approximate surface area is 70.4 Å². The average Bonchev–Trinajstić information content (AvgIpc) is 2.16. The second-order valence-electron chi connectivity index (χ2n) is 2.04. The predicted molar refractivity (Wildman–Crippen MR) is 42.1 cm³/mol. The van der Waals surface area contributed by atoms with Crippen LogP contribution in [0.15, 0.2) is 12.3 Å². The van der Waals surface area contributed by atoms with Crippen molar-refractivity contribution in [2.75, 3.05) is 14.2 Å². The van der Waals surface area contributed by atoms with Gasteiger partial charge in [0.2, 0.25) is 5.88 Å². The Kier molecular flexibility index (Phi) is 2.49. The minimum Gasteiger partial charge on any atom is -0.494 e. The summed E-state index contributed by atoms with van der Waals surface area (Å²) in [5.74, 6) is 0.866. The van der Waals surface area contributed by atoms with Gasteiger partial charge in [0.15, 0.2) is 5.75 Å². The molecule has 0 saturated carbocycles. The highest BCUT2D eigenvalue weighted by atomic mass is 16.5. The highest BCUT2D eigenvalue weighted by molar-refractivity contribution is 5.43. The summed E-state index contributed by atoms with van der Waals surface area (Å²) in [6.45, 7) is 0. The zero-order valence-electron chi connectivity index (χ0n) is 6.87. The molecule has 0 fully saturated rings. The fourth-order valence-electron chi connectivity index (χ4n) is 0.785. The number of aromatic nitrogens is 1. The molecule has 0 aromatic carbocycles. The number of hydrogen-bond donors (Lipinski definition) is 0. The van der Waals surface area contributed by atoms with Crippen molar-refractivity contribution in [3.63, 3.8) is 0 Å². The molecule has 0 N–H and O–H groups in total. The van der Waals surface area contributed by atoms with E-state index in [2.05, 4.69) is 4.98 Å². The average molecular weight is 164 g/mol. The van der Waals surface area contributed by atoms with Gasteiger partial charge in [0, 0.05) is 6.07 Å². The van der Waals surface area contributed by atoms with E-state index in [4.69, 9.17) is 14.7 Å². The number of ether oxygens (including phenoxy) is 2. The van der Waals surface area contributed by atoms with Crippen molar-refractivity contribution in [2.24, 2.45) is 0 Å². The Hall–Kier alpha value is -1.76. The molecule has 1 heterocycles. The fourth-order valence-corrected chi connectivity index (χ4v) is 0.785. The second kappa shape index (κ2) is 3.58. The lowest BCUT2D eigenvalue weighted by molar-refractivity contribution is 0.386. The maximum Gasteiger partial charge on any atom is 0.214 e. The van der Waals surface area contributed by atoms with E-state index < -0.39 is 0 Å². The van der Waals surface area contributed by atoms with Gasteiger partial charge in [0.1, 0.15) is 11.6 Å². The Morgan fingerprint density at radius 2 is 2.17 bits per heavy atom. The summed E-state index contributed by atoms with van der Waals surface area (Å²) < 4.78 is 9.73. The number of methoxy groups -OCH3 is 2. The van der Waals surface area contributed by atoms with E-state index >= 15 is 0 Å². The Morgan fingerprint density at radius 1 is 1.42 bits per heavy atom. The Morgan fingerprint density at radius 3 is 2.67 bits per heavy atom. The summed E-state index contributed by atoms with van der Waals surface area (Å²) in [6, 6.07) is 3.50. The maximum atomic E-state index is 8.66. The summed E-state index contributed by atoms with van der Waals surface area (Å²) in [6.07, 6.45) is 1.46. The first kappa shape index (κ1) is 8.34. The lowest BCUT2D eigenvalue weighted by Crippen LogP contribution is -1.92. The molecule has 0 bridgehead atoms. The molecule has 0 spiro atoms. The molecule has 0 radical (unpaired) electrons. The largest absolute Gasteiger partial charge is 0.494 e. The highest BCUT2D eigenvalue weighted by Crippen LogP contribution is 2.19. The molecule has 0 aliphatic heterocycles. The van der Waals surface area contributed by atoms with Crippen molar-refractivity contribution in [3.8, 4) is 17.7 Å². The number of rotatable bonds is 2. The Balaban J connectivity index is 3.13. The van der Waals surface area contributed by atoms with Crippen molar-refractivity contribution in [1.29, 1.82) is 5.26 Å². The van der Waals surface area contributed by atoms with Gasteiger partial charge in [-0.25, -0.2) is 4.98 Å². The highest BCUT2D eigenvalue weighted by Gasteiger charge is 2.03. The molecule has 0 aliphatic carbocycles. The monoisotopic (exact) mass is 164 g/mol. The number of pyridine rings is 1. The number of nitrogens with zero attached hydrogens (tertiary/aromatic N) is 2. The van der Waals surface area contributed by atoms with E-state index in [9.17, 15) is 0 Å². The smallest absolute Gasteiger partial charge is 0.214 e. The quantitative estimate of drug-likeness (QED) is 0.653. The van der Waals surface area contributed by atoms with E-state index in [1.807, 2.05) is 6.07 Å². The number of hydrogen-bond acceptors (Lipinski definition) is 4. The molecule has 1 aromatic heterocycles. The van der Waals surface area contributed by atoms with Crippen LogP contribution < -0.4 is 9.47 Å². The van der Waals surface area contributed by atoms with Crippen molar-refractivity contribution in [3.05, 3.63) is 17.8 Å². The van der Waals surface area contributed by atoms with Gasteiger partial charge < -0.3 is 9.47 Å². The molecule has 0 atom stereocenters. The van der Waals surface area contributed by atoms with Gasteiger partial charge in [-0.15, -0.1) is 0 Å². The third kappa shape index (κ3) is 1.45. The molecular weight excluding hydrogens is 156 g/mol. The van der Waals surface area contributed by atoms with Crippen LogP contribution >= 0.6 is 0 Å². The van der Waals surface area contributed by atoms with E-state index in [1.54, 1.807) is 0 Å². The van der Waals surface area contributed by atoms with Gasteiger partial charge in [0.05, 0.1) is 20.4 Å². The third-order valence-electron chi connectivity index (χ3n) is 1.39. The van der Waals surface area contributed by atoms with Crippen LogP contribution in [0.5, 0.6) is 11.6 Å². The standard InChI is InChI=1S/C8H8N2O2/c1-11-7-5-10-8(12-2)3-6(7)4-9/h3,5H,1-2H3. The Bertz CT molecular complexity index is 317. The molecule has 0 saturated heterocycles. The molecule has 0 amide bonds. The van der Waals surface area contributed by atoms with Crippen LogP contribution in [0, 0.1) is 11.3 Å². The minimum atomic E-state index is 0.410. The van der Waals surface area contributed by atoms with E-state index in [-0.39, 0.29) is 0 Å². The van der Waals surface area contributed by atoms with E-state index in [0.717, 1.165) is 0 Å². The summed E-state index contributed by atoms with van der Waals surface area (Å²) >= 11 is 0. The summed E-state index contributed by atoms with van der Waals surface area (Å²) in [5, 5.41) is 8.66. The van der Waals surface area contributed by atoms with Crippen LogP contribution in [0.4, 0.5) is 0 Å². The summed E-state index contributed by atoms with van der Waals surface area (Å²) in [7, 11) is 2.99. The van der Waals surface area contributed by atoms with E-state index in [1.165, 1.54) is 26.5 Å². The lowest BCUT2D eigenvalue weighted by atomic mass is 10.3. The molecule has 4 heteroatoms. The van der Waals surface area contributed by atoms with Crippen LogP contribution in [0.1, 0.15) is 5.56 Å². The van der Waals surface area contributed by atoms with Crippen LogP contribution in [0.2, 0.25) is 0 Å². The van der Waals surface area contributed by atoms with Gasteiger partial charge in [-0.2, -0.15) is 5.26 Å². The zero-order valence-corrected chi connectivity index (χ0v) is 6.87. The molecule has 4 nitrogen and oxygen atoms in total. The minimum absolute atomic E-state index is 0.410. The lowest BCUT2D eigenvalue weighted by Gasteiger charge is -2.02. The molecule has 1 aromatic rings. The molecule has 0 aliphatic rings. The van der Waals surface area contributed by atoms with Crippen LogP contribution in [0.3, 0.4) is 0 Å². The predicted octanol–water partition coefficient (Wildman–Crippen LogP) is 0.970. The zero-order chi connectivity index (χ0) is 8.97. The molecule has 1 rings (SSSR count). The second-order valence-corrected chi connectivity index (χ2v) is 2.04. The normalized spacial score (nSPS) is 8.75. The van der Waals surface area contributed by atoms with Crippen molar-refractivity contribution in [2.45, 2.75) is 0 Å². The van der Waals surface area contributed by atoms with Gasteiger partial charge >= 0.3 is 0 Å². The molecular formula is C8H8N2O2. The maximum absolute atomic E-state index is 8.66. The van der Waals surface area contributed by atoms with E-state index in [0.29, 0.717) is 17.2 Å². The molecule has 62 valence electrons. The fraction of sp³-hybridized carbons (Fsp3) is 0.250. The van der Waals surface area contributed by atoms with Gasteiger partial charge in [-0.1, -0.05) is 0 Å². The van der Waals surface area contributed by atoms with Crippen molar-refractivity contribution in [1.82, 2.24) is 4.98 Å². The van der Waals surface area contributed by atoms with Crippen molar-refractivity contribution >= 4 is 0 Å². The van der Waals surface area contributed by atoms with Gasteiger partial charge in [0.25, 0.3) is 0 Å². The van der Waals surface area contributed by atoms with Crippen LogP contribution in [0.25, 0.3) is 0 Å². The first-order valence-electron chi connectivity index (χ1n) is 3.30. The molecule has 0 unspecified atom stereocenters. The first-order valence-corrected chi connectivity index (χ1v) is 3.30. The summed E-state index contributed by atoms with van der Waals surface area (Å²) in [5.41, 5.74) is 0.421. The SMILES string of the molecule is COc1cc(C#N)c(OC)cn1. The van der Waals surface area contributed by atoms with Gasteiger partial charge in [-0.05, 0) is 0 Å². The van der Waals surface area contributed by atoms with Crippen LogP contribution in [-0.4, -0.2) is 19.2 Å². The third-order valence-corrected chi connectivity index (χ3v) is 1.39.